The fraction of sp³-hybridized carbons (Fsp3) is 0.412. The lowest BCUT2D eigenvalue weighted by molar-refractivity contribution is -0.384. The van der Waals surface area contributed by atoms with Crippen LogP contribution in [0.1, 0.15) is 38.3 Å². The van der Waals surface area contributed by atoms with Gasteiger partial charge in [0, 0.05) is 18.2 Å². The van der Waals surface area contributed by atoms with E-state index in [1.165, 1.54) is 19.5 Å². The van der Waals surface area contributed by atoms with Crippen molar-refractivity contribution < 1.29 is 19.2 Å². The monoisotopic (exact) mass is 345 g/mol. The molecule has 1 rings (SSSR count). The molecule has 1 radical (unpaired) electrons. The Labute approximate surface area is 147 Å². The third-order valence-electron chi connectivity index (χ3n) is 3.17. The highest BCUT2D eigenvalue weighted by Gasteiger charge is 2.19. The van der Waals surface area contributed by atoms with Gasteiger partial charge in [-0.2, -0.15) is 0 Å². The number of esters is 1. The maximum absolute atomic E-state index is 12.0. The summed E-state index contributed by atoms with van der Waals surface area (Å²) in [5.74, 6) is -0.412. The van der Waals surface area contributed by atoms with Gasteiger partial charge in [-0.05, 0) is 38.8 Å². The van der Waals surface area contributed by atoms with Gasteiger partial charge in [0.05, 0.1) is 17.5 Å². The van der Waals surface area contributed by atoms with E-state index in [0.717, 1.165) is 5.56 Å². The maximum atomic E-state index is 12.0. The largest absolute Gasteiger partial charge is 0.460 e. The Balaban J connectivity index is 2.92. The second-order valence-electron chi connectivity index (χ2n) is 6.52. The van der Waals surface area contributed by atoms with Crippen LogP contribution in [-0.2, 0) is 14.3 Å². The van der Waals surface area contributed by atoms with E-state index < -0.39 is 22.5 Å². The zero-order chi connectivity index (χ0) is 19.0. The molecule has 8 heteroatoms. The number of non-ortho nitro benzene ring substituents is 1. The van der Waals surface area contributed by atoms with Gasteiger partial charge in [-0.25, -0.2) is 0 Å². The Bertz CT molecular complexity index is 667. The Hall–Kier alpha value is -2.48. The minimum Gasteiger partial charge on any atom is -0.460 e. The number of ether oxygens (including phenoxy) is 1. The molecular formula is C17H22BN2O5. The van der Waals surface area contributed by atoms with E-state index in [4.69, 9.17) is 4.74 Å². The van der Waals surface area contributed by atoms with Crippen molar-refractivity contribution >= 4 is 31.3 Å². The fourth-order valence-corrected chi connectivity index (χ4v) is 2.05. The lowest BCUT2D eigenvalue weighted by Crippen LogP contribution is -2.35. The summed E-state index contributed by atoms with van der Waals surface area (Å²) in [6.45, 7) is 7.14. The lowest BCUT2D eigenvalue weighted by Gasteiger charge is -2.21. The van der Waals surface area contributed by atoms with E-state index in [2.05, 4.69) is 5.23 Å². The van der Waals surface area contributed by atoms with Crippen molar-refractivity contribution in [3.63, 3.8) is 0 Å². The Morgan fingerprint density at radius 3 is 2.68 bits per heavy atom. The van der Waals surface area contributed by atoms with Crippen LogP contribution in [0.2, 0.25) is 0 Å². The van der Waals surface area contributed by atoms with Crippen LogP contribution >= 0.6 is 0 Å². The molecule has 1 N–H and O–H groups in total. The number of hydrogen-bond donors (Lipinski definition) is 1. The summed E-state index contributed by atoms with van der Waals surface area (Å²) in [4.78, 5) is 32.9. The standard InChI is InChI=1S/C17H22BN2O5/c1-12-5-8-15(20(23)24)9-13(12)6-7-14(19-18-11-21)10-16(22)25-17(2,3)4/h5-9,11,14,19H,10H2,1-4H3/t14-/m1/s1. The molecule has 7 nitrogen and oxygen atoms in total. The van der Waals surface area contributed by atoms with Crippen molar-refractivity contribution in [1.29, 1.82) is 0 Å². The SMILES string of the molecule is Cc1ccc([N+](=O)[O-])cc1C=C[C@H](CC(=O)OC(C)(C)C)N[B]C=O. The predicted octanol–water partition coefficient (Wildman–Crippen LogP) is 2.42. The van der Waals surface area contributed by atoms with Crippen LogP contribution in [0.25, 0.3) is 6.08 Å². The zero-order valence-electron chi connectivity index (χ0n) is 14.8. The van der Waals surface area contributed by atoms with Crippen molar-refractivity contribution in [3.8, 4) is 0 Å². The van der Waals surface area contributed by atoms with Crippen molar-refractivity contribution in [2.24, 2.45) is 0 Å². The summed E-state index contributed by atoms with van der Waals surface area (Å²) in [5.41, 5.74) is 0.908. The molecule has 0 saturated heterocycles. The number of aryl methyl sites for hydroxylation is 1. The molecule has 0 unspecified atom stereocenters. The summed E-state index contributed by atoms with van der Waals surface area (Å²) in [7, 11) is 1.19. The van der Waals surface area contributed by atoms with Gasteiger partial charge in [0.2, 0.25) is 0 Å². The molecule has 1 aromatic rings. The Morgan fingerprint density at radius 1 is 1.44 bits per heavy atom. The highest BCUT2D eigenvalue weighted by molar-refractivity contribution is 6.64. The Morgan fingerprint density at radius 2 is 2.12 bits per heavy atom. The molecule has 0 saturated carbocycles. The number of benzene rings is 1. The summed E-state index contributed by atoms with van der Waals surface area (Å²) in [6.07, 6.45) is 3.96. The minimum absolute atomic E-state index is 0.0126. The third-order valence-corrected chi connectivity index (χ3v) is 3.17. The molecule has 0 aliphatic carbocycles. The fourth-order valence-electron chi connectivity index (χ4n) is 2.05. The first-order valence-corrected chi connectivity index (χ1v) is 7.80. The molecular weight excluding hydrogens is 323 g/mol. The third kappa shape index (κ3) is 7.76. The molecule has 0 fully saturated rings. The first-order chi connectivity index (χ1) is 11.6. The number of nitrogens with one attached hydrogen (secondary N) is 1. The van der Waals surface area contributed by atoms with Crippen molar-refractivity contribution in [1.82, 2.24) is 5.23 Å². The molecule has 0 aliphatic heterocycles. The molecule has 25 heavy (non-hydrogen) atoms. The first-order valence-electron chi connectivity index (χ1n) is 7.80. The molecule has 1 aromatic carbocycles. The highest BCUT2D eigenvalue weighted by atomic mass is 16.6. The van der Waals surface area contributed by atoms with Gasteiger partial charge in [-0.15, -0.1) is 0 Å². The van der Waals surface area contributed by atoms with E-state index in [1.54, 1.807) is 39.0 Å². The van der Waals surface area contributed by atoms with Crippen molar-refractivity contribution in [3.05, 3.63) is 45.5 Å². The van der Waals surface area contributed by atoms with Crippen LogP contribution in [0.5, 0.6) is 0 Å². The Kier molecular flexibility index (Phi) is 7.51. The summed E-state index contributed by atoms with van der Waals surface area (Å²) >= 11 is 0. The number of carbonyl (C=O) groups is 2. The van der Waals surface area contributed by atoms with Crippen LogP contribution in [0.3, 0.4) is 0 Å². The van der Waals surface area contributed by atoms with Crippen molar-refractivity contribution in [2.45, 2.75) is 45.8 Å². The van der Waals surface area contributed by atoms with E-state index in [0.29, 0.717) is 11.7 Å². The number of hydrogen-bond acceptors (Lipinski definition) is 6. The zero-order valence-corrected chi connectivity index (χ0v) is 14.8. The molecule has 0 heterocycles. The molecule has 0 bridgehead atoms. The first kappa shape index (κ1) is 20.6. The molecule has 0 aliphatic rings. The number of nitrogens with zero attached hydrogens (tertiary/aromatic N) is 1. The van der Waals surface area contributed by atoms with Crippen LogP contribution in [0, 0.1) is 17.0 Å². The lowest BCUT2D eigenvalue weighted by atomic mass is 9.95. The predicted molar refractivity (Wildman–Crippen MR) is 96.8 cm³/mol. The van der Waals surface area contributed by atoms with E-state index in [9.17, 15) is 19.7 Å². The van der Waals surface area contributed by atoms with E-state index in [1.807, 2.05) is 6.92 Å². The number of carbonyl (C=O) groups excluding carboxylic acids is 2. The second-order valence-corrected chi connectivity index (χ2v) is 6.52. The summed E-state index contributed by atoms with van der Waals surface area (Å²) in [5, 5.41) is 13.7. The quantitative estimate of drug-likeness (QED) is 0.255. The van der Waals surface area contributed by atoms with Gasteiger partial charge in [-0.3, -0.25) is 14.9 Å². The van der Waals surface area contributed by atoms with Crippen LogP contribution in [-0.4, -0.2) is 36.1 Å². The number of rotatable bonds is 8. The normalized spacial score (nSPS) is 12.6. The topological polar surface area (TPSA) is 98.5 Å². The van der Waals surface area contributed by atoms with Crippen LogP contribution in [0.15, 0.2) is 24.3 Å². The smallest absolute Gasteiger partial charge is 0.308 e. The van der Waals surface area contributed by atoms with Crippen LogP contribution < -0.4 is 5.23 Å². The van der Waals surface area contributed by atoms with Gasteiger partial charge in [0.1, 0.15) is 5.60 Å². The highest BCUT2D eigenvalue weighted by Crippen LogP contribution is 2.19. The van der Waals surface area contributed by atoms with Gasteiger partial charge < -0.3 is 14.8 Å². The van der Waals surface area contributed by atoms with Crippen LogP contribution in [0.4, 0.5) is 5.69 Å². The van der Waals surface area contributed by atoms with Gasteiger partial charge in [0.25, 0.3) is 13.1 Å². The summed E-state index contributed by atoms with van der Waals surface area (Å²) in [6, 6.07) is 4.08. The van der Waals surface area contributed by atoms with Crippen molar-refractivity contribution in [2.75, 3.05) is 0 Å². The summed E-state index contributed by atoms with van der Waals surface area (Å²) < 4.78 is 5.27. The van der Waals surface area contributed by atoms with E-state index >= 15 is 0 Å². The van der Waals surface area contributed by atoms with Gasteiger partial charge >= 0.3 is 5.97 Å². The molecule has 0 aromatic heterocycles. The average molecular weight is 345 g/mol. The molecule has 133 valence electrons. The second kappa shape index (κ2) is 9.12. The average Bonchev–Trinajstić information content (AvgIpc) is 2.49. The molecule has 0 amide bonds. The van der Waals surface area contributed by atoms with E-state index in [-0.39, 0.29) is 12.1 Å². The number of nitro benzene ring substituents is 1. The van der Waals surface area contributed by atoms with Gasteiger partial charge in [-0.1, -0.05) is 18.2 Å². The minimum atomic E-state index is -0.601. The molecule has 0 spiro atoms. The molecule has 1 atom stereocenters. The number of nitro groups is 1. The van der Waals surface area contributed by atoms with Gasteiger partial charge in [0.15, 0.2) is 0 Å². The maximum Gasteiger partial charge on any atom is 0.308 e.